The van der Waals surface area contributed by atoms with Crippen LogP contribution in [0.2, 0.25) is 0 Å². The number of methoxy groups -OCH3 is 1. The molecule has 4 rings (SSSR count). The Morgan fingerprint density at radius 3 is 3.00 bits per heavy atom. The van der Waals surface area contributed by atoms with Crippen LogP contribution >= 0.6 is 23.1 Å². The van der Waals surface area contributed by atoms with E-state index < -0.39 is 17.8 Å². The van der Waals surface area contributed by atoms with Crippen LogP contribution in [0.3, 0.4) is 0 Å². The summed E-state index contributed by atoms with van der Waals surface area (Å²) in [6, 6.07) is 4.86. The number of likely N-dealkylation sites (tertiary alicyclic amines) is 1. The first-order valence-corrected chi connectivity index (χ1v) is 13.6. The number of hydrogen-bond donors (Lipinski definition) is 2. The Labute approximate surface area is 212 Å². The molecule has 0 aliphatic carbocycles. The predicted octanol–water partition coefficient (Wildman–Crippen LogP) is 4.82. The van der Waals surface area contributed by atoms with Gasteiger partial charge in [0.05, 0.1) is 18.8 Å². The van der Waals surface area contributed by atoms with Gasteiger partial charge in [0.15, 0.2) is 0 Å². The van der Waals surface area contributed by atoms with Gasteiger partial charge in [-0.3, -0.25) is 9.78 Å². The number of pyridine rings is 1. The monoisotopic (exact) mass is 518 g/mol. The number of piperidine rings is 1. The van der Waals surface area contributed by atoms with E-state index in [0.717, 1.165) is 42.6 Å². The molecule has 0 unspecified atom stereocenters. The number of carboxylic acid groups (broad SMARTS) is 1. The molecule has 0 spiro atoms. The number of carbonyl (C=O) groups is 1. The number of carboxylic acids is 1. The first kappa shape index (κ1) is 25.8. The summed E-state index contributed by atoms with van der Waals surface area (Å²) in [6.45, 7) is 2.59. The van der Waals surface area contributed by atoms with Gasteiger partial charge in [-0.15, -0.1) is 11.3 Å². The number of aromatic nitrogens is 2. The van der Waals surface area contributed by atoms with Crippen molar-refractivity contribution in [3.63, 3.8) is 0 Å². The second kappa shape index (κ2) is 12.1. The molecule has 0 bridgehead atoms. The molecule has 35 heavy (non-hydrogen) atoms. The van der Waals surface area contributed by atoms with Crippen LogP contribution in [0, 0.1) is 17.7 Å². The number of nitrogens with zero attached hydrogens (tertiary/aromatic N) is 3. The number of thioether (sulfide) groups is 1. The molecule has 2 aromatic heterocycles. The van der Waals surface area contributed by atoms with E-state index in [-0.39, 0.29) is 18.3 Å². The van der Waals surface area contributed by atoms with Crippen molar-refractivity contribution in [1.82, 2.24) is 14.9 Å². The summed E-state index contributed by atoms with van der Waals surface area (Å²) in [5.41, 5.74) is 7.63. The van der Waals surface area contributed by atoms with E-state index in [0.29, 0.717) is 28.6 Å². The smallest absolute Gasteiger partial charge is 0.303 e. The number of fused-ring (bicyclic) bond motifs is 1. The second-order valence-electron chi connectivity index (χ2n) is 8.94. The Bertz CT molecular complexity index is 1130. The van der Waals surface area contributed by atoms with Crippen molar-refractivity contribution in [3.8, 4) is 5.75 Å². The first-order valence-electron chi connectivity index (χ1n) is 11.8. The number of ether oxygens (including phenoxy) is 1. The van der Waals surface area contributed by atoms with Crippen molar-refractivity contribution in [1.29, 1.82) is 0 Å². The minimum Gasteiger partial charge on any atom is -0.497 e. The van der Waals surface area contributed by atoms with Crippen LogP contribution in [0.1, 0.15) is 37.3 Å². The zero-order valence-corrected chi connectivity index (χ0v) is 21.4. The predicted molar refractivity (Wildman–Crippen MR) is 138 cm³/mol. The van der Waals surface area contributed by atoms with Gasteiger partial charge in [0, 0.05) is 53.8 Å². The average molecular weight is 519 g/mol. The Morgan fingerprint density at radius 1 is 1.40 bits per heavy atom. The molecule has 0 amide bonds. The third-order valence-corrected chi connectivity index (χ3v) is 8.69. The Balaban J connectivity index is 1.39. The van der Waals surface area contributed by atoms with Crippen LogP contribution in [-0.2, 0) is 4.79 Å². The van der Waals surface area contributed by atoms with Crippen LogP contribution in [0.15, 0.2) is 40.3 Å². The maximum absolute atomic E-state index is 14.8. The Morgan fingerprint density at radius 2 is 2.26 bits per heavy atom. The Hall–Kier alpha value is -2.27. The van der Waals surface area contributed by atoms with E-state index in [9.17, 15) is 14.3 Å². The maximum atomic E-state index is 14.8. The van der Waals surface area contributed by atoms with Gasteiger partial charge in [-0.2, -0.15) is 0 Å². The van der Waals surface area contributed by atoms with Crippen LogP contribution in [0.5, 0.6) is 5.75 Å². The van der Waals surface area contributed by atoms with E-state index in [2.05, 4.69) is 14.9 Å². The molecular formula is C25H31FN4O3S2. The lowest BCUT2D eigenvalue weighted by molar-refractivity contribution is -0.139. The van der Waals surface area contributed by atoms with Crippen molar-refractivity contribution < 1.29 is 19.0 Å². The number of thiazole rings is 1. The lowest BCUT2D eigenvalue weighted by atomic mass is 9.79. The van der Waals surface area contributed by atoms with Gasteiger partial charge in [-0.05, 0) is 55.8 Å². The van der Waals surface area contributed by atoms with E-state index in [1.165, 1.54) is 6.20 Å². The van der Waals surface area contributed by atoms with Crippen LogP contribution in [-0.4, -0.2) is 58.4 Å². The third kappa shape index (κ3) is 6.69. The van der Waals surface area contributed by atoms with E-state index >= 15 is 0 Å². The van der Waals surface area contributed by atoms with Crippen molar-refractivity contribution in [3.05, 3.63) is 47.4 Å². The molecule has 1 fully saturated rings. The van der Waals surface area contributed by atoms with Gasteiger partial charge in [0.2, 0.25) is 0 Å². The molecule has 3 atom stereocenters. The maximum Gasteiger partial charge on any atom is 0.303 e. The fraction of sp³-hybridized carbons (Fsp3) is 0.480. The van der Waals surface area contributed by atoms with Crippen molar-refractivity contribution in [2.24, 2.45) is 17.6 Å². The summed E-state index contributed by atoms with van der Waals surface area (Å²) in [7, 11) is 1.57. The average Bonchev–Trinajstić information content (AvgIpc) is 3.36. The number of halogens is 1. The minimum absolute atomic E-state index is 0.0532. The molecule has 188 valence electrons. The zero-order valence-electron chi connectivity index (χ0n) is 19.7. The minimum atomic E-state index is -0.776. The molecule has 1 saturated heterocycles. The van der Waals surface area contributed by atoms with Crippen molar-refractivity contribution >= 4 is 40.0 Å². The molecule has 7 nitrogen and oxygen atoms in total. The standard InChI is InChI=1S/C25H31FN4O3S2/c1-33-18-3-5-22-19(13-18)24(20(26)14-29-22)21(27)4-2-16-6-8-30(15-17(16)12-23(31)32)9-11-35-25-28-7-10-34-25/h3,5,7,10,13-14,16-17,21H,2,4,6,8-9,11-12,15,27H2,1H3,(H,31,32)/t16-,17+,21+/m1/s1. The lowest BCUT2D eigenvalue weighted by Gasteiger charge is -2.38. The Kier molecular flexibility index (Phi) is 8.94. The van der Waals surface area contributed by atoms with Gasteiger partial charge < -0.3 is 20.5 Å². The summed E-state index contributed by atoms with van der Waals surface area (Å²) in [5, 5.41) is 12.1. The van der Waals surface area contributed by atoms with E-state index in [1.54, 1.807) is 48.4 Å². The fourth-order valence-electron chi connectivity index (χ4n) is 4.95. The molecule has 1 aliphatic heterocycles. The topological polar surface area (TPSA) is 102 Å². The molecule has 1 aromatic carbocycles. The summed E-state index contributed by atoms with van der Waals surface area (Å²) in [4.78, 5) is 22.4. The molecule has 10 heteroatoms. The highest BCUT2D eigenvalue weighted by atomic mass is 32.2. The first-order chi connectivity index (χ1) is 16.9. The largest absolute Gasteiger partial charge is 0.497 e. The van der Waals surface area contributed by atoms with Crippen molar-refractivity contribution in [2.45, 2.75) is 36.1 Å². The van der Waals surface area contributed by atoms with Gasteiger partial charge >= 0.3 is 5.97 Å². The fourth-order valence-corrected chi connectivity index (χ4v) is 6.66. The summed E-state index contributed by atoms with van der Waals surface area (Å²) < 4.78 is 21.2. The second-order valence-corrected chi connectivity index (χ2v) is 11.2. The van der Waals surface area contributed by atoms with Gasteiger partial charge in [0.1, 0.15) is 15.9 Å². The normalized spacial score (nSPS) is 19.6. The zero-order chi connectivity index (χ0) is 24.8. The third-order valence-electron chi connectivity index (χ3n) is 6.74. The van der Waals surface area contributed by atoms with Crippen molar-refractivity contribution in [2.75, 3.05) is 32.5 Å². The lowest BCUT2D eigenvalue weighted by Crippen LogP contribution is -2.42. The molecule has 0 radical (unpaired) electrons. The summed E-state index contributed by atoms with van der Waals surface area (Å²) in [5.74, 6) is 0.652. The number of rotatable bonds is 11. The highest BCUT2D eigenvalue weighted by Crippen LogP contribution is 2.35. The van der Waals surface area contributed by atoms with E-state index in [1.807, 2.05) is 11.6 Å². The van der Waals surface area contributed by atoms with Gasteiger partial charge in [0.25, 0.3) is 0 Å². The number of benzene rings is 1. The molecular weight excluding hydrogens is 487 g/mol. The van der Waals surface area contributed by atoms with Gasteiger partial charge in [-0.25, -0.2) is 9.37 Å². The van der Waals surface area contributed by atoms with Crippen LogP contribution in [0.4, 0.5) is 4.39 Å². The number of hydrogen-bond acceptors (Lipinski definition) is 8. The summed E-state index contributed by atoms with van der Waals surface area (Å²) >= 11 is 3.37. The van der Waals surface area contributed by atoms with Gasteiger partial charge in [-0.1, -0.05) is 11.8 Å². The molecule has 3 aromatic rings. The highest BCUT2D eigenvalue weighted by molar-refractivity contribution is 8.01. The molecule has 1 aliphatic rings. The molecule has 3 heterocycles. The van der Waals surface area contributed by atoms with Crippen LogP contribution < -0.4 is 10.5 Å². The summed E-state index contributed by atoms with van der Waals surface area (Å²) in [6.07, 6.45) is 5.42. The highest BCUT2D eigenvalue weighted by Gasteiger charge is 2.31. The molecule has 0 saturated carbocycles. The molecule has 3 N–H and O–H groups in total. The quantitative estimate of drug-likeness (QED) is 0.348. The van der Waals surface area contributed by atoms with E-state index in [4.69, 9.17) is 10.5 Å². The number of nitrogens with two attached hydrogens (primary N) is 1. The van der Waals surface area contributed by atoms with Crippen LogP contribution in [0.25, 0.3) is 10.9 Å². The number of aliphatic carboxylic acids is 1. The SMILES string of the molecule is COc1ccc2ncc(F)c([C@@H](N)CC[C@@H]3CCN(CCSc4nccs4)C[C@@H]3CC(=O)O)c2c1.